The first-order chi connectivity index (χ1) is 62.5. The van der Waals surface area contributed by atoms with E-state index in [0.717, 1.165) is 99.6 Å². The topological polar surface area (TPSA) is 0 Å². The fourth-order valence-corrected chi connectivity index (χ4v) is 15.9. The van der Waals surface area contributed by atoms with Crippen molar-refractivity contribution < 1.29 is 83.4 Å². The highest BCUT2D eigenvalue weighted by molar-refractivity contribution is 5.93. The van der Waals surface area contributed by atoms with Gasteiger partial charge in [0.05, 0.1) is 21.9 Å². The molecule has 0 heterocycles. The van der Waals surface area contributed by atoms with E-state index in [-0.39, 0.29) is 68.1 Å². The van der Waals surface area contributed by atoms with Gasteiger partial charge in [0.1, 0.15) is 54.1 Å². The third-order valence-electron chi connectivity index (χ3n) is 22.8. The Hall–Kier alpha value is -13.0. The highest BCUT2D eigenvalue weighted by atomic mass is 19.4. The fraction of sp³-hybridized carbons (Fsp3) is 0.211. The van der Waals surface area contributed by atoms with Gasteiger partial charge in [0.25, 0.3) is 12.9 Å². The molecule has 0 bridgehead atoms. The van der Waals surface area contributed by atoms with E-state index in [0.29, 0.717) is 60.0 Å². The first-order valence-corrected chi connectivity index (χ1v) is 42.6. The summed E-state index contributed by atoms with van der Waals surface area (Å²) in [6, 6.07) is 72.2. The molecule has 0 radical (unpaired) electrons. The second kappa shape index (κ2) is 43.6. The van der Waals surface area contributed by atoms with E-state index in [1.807, 2.05) is 140 Å². The van der Waals surface area contributed by atoms with Gasteiger partial charge in [0.2, 0.25) is 0 Å². The fourth-order valence-electron chi connectivity index (χ4n) is 15.9. The van der Waals surface area contributed by atoms with Crippen molar-refractivity contribution in [2.75, 3.05) is 0 Å². The lowest BCUT2D eigenvalue weighted by molar-refractivity contribution is -0.137. The Morgan fingerprint density at radius 2 is 0.586 bits per heavy atom. The Morgan fingerprint density at radius 1 is 0.233 bits per heavy atom. The van der Waals surface area contributed by atoms with Gasteiger partial charge in [0, 0.05) is 27.6 Å². The highest BCUT2D eigenvalue weighted by Gasteiger charge is 2.35. The molecule has 18 aromatic rings. The van der Waals surface area contributed by atoms with E-state index in [1.54, 1.807) is 139 Å². The molecule has 690 valence electrons. The Labute approximate surface area is 762 Å². The van der Waals surface area contributed by atoms with Crippen molar-refractivity contribution in [3.8, 4) is 0 Å². The second-order valence-corrected chi connectivity index (χ2v) is 33.9. The summed E-state index contributed by atoms with van der Waals surface area (Å²) >= 11 is 0. The van der Waals surface area contributed by atoms with Crippen LogP contribution < -0.4 is 0 Å². The molecule has 133 heavy (non-hydrogen) atoms. The van der Waals surface area contributed by atoms with Crippen LogP contribution in [0.4, 0.5) is 83.4 Å². The van der Waals surface area contributed by atoms with Crippen LogP contribution in [0.3, 0.4) is 0 Å². The number of fused-ring (bicyclic) bond motifs is 9. The van der Waals surface area contributed by atoms with Crippen molar-refractivity contribution in [3.05, 3.63) is 423 Å². The number of hydrogen-bond acceptors (Lipinski definition) is 0. The van der Waals surface area contributed by atoms with E-state index in [4.69, 9.17) is 0 Å². The third kappa shape index (κ3) is 25.2. The Morgan fingerprint density at radius 3 is 1.10 bits per heavy atom. The van der Waals surface area contributed by atoms with Gasteiger partial charge in [-0.25, -0.2) is 57.1 Å². The summed E-state index contributed by atoms with van der Waals surface area (Å²) in [5, 5.41) is 11.2. The van der Waals surface area contributed by atoms with Gasteiger partial charge >= 0.3 is 12.4 Å². The highest BCUT2D eigenvalue weighted by Crippen LogP contribution is 2.41. The molecule has 0 N–H and O–H groups in total. The number of benzene rings is 18. The molecular weight excluding hydrogens is 1730 g/mol. The lowest BCUT2D eigenvalue weighted by Gasteiger charge is -2.13. The summed E-state index contributed by atoms with van der Waals surface area (Å²) in [4.78, 5) is 0. The van der Waals surface area contributed by atoms with Gasteiger partial charge in [-0.15, -0.1) is 0 Å². The molecule has 0 aromatic heterocycles. The summed E-state index contributed by atoms with van der Waals surface area (Å²) < 4.78 is 248. The van der Waals surface area contributed by atoms with Crippen LogP contribution in [-0.4, -0.2) is 0 Å². The molecule has 0 amide bonds. The monoisotopic (exact) mass is 1830 g/mol. The van der Waals surface area contributed by atoms with Gasteiger partial charge in [-0.3, -0.25) is 0 Å². The van der Waals surface area contributed by atoms with Crippen LogP contribution in [0.1, 0.15) is 146 Å². The van der Waals surface area contributed by atoms with Crippen molar-refractivity contribution in [2.24, 2.45) is 0 Å². The molecule has 0 spiro atoms. The predicted molar refractivity (Wildman–Crippen MR) is 510 cm³/mol. The number of rotatable bonds is 4. The predicted octanol–water partition coefficient (Wildman–Crippen LogP) is 36.9. The van der Waals surface area contributed by atoms with Crippen LogP contribution in [0.2, 0.25) is 0 Å². The number of halogens is 19. The summed E-state index contributed by atoms with van der Waals surface area (Å²) in [5.74, 6) is -4.00. The van der Waals surface area contributed by atoms with Gasteiger partial charge in [0.15, 0.2) is 0 Å². The lowest BCUT2D eigenvalue weighted by Crippen LogP contribution is -2.08. The largest absolute Gasteiger partial charge is 0.417 e. The Bertz CT molecular complexity index is 7270. The van der Waals surface area contributed by atoms with Crippen molar-refractivity contribution in [3.63, 3.8) is 0 Å². The number of hydrogen-bond donors (Lipinski definition) is 0. The maximum Gasteiger partial charge on any atom is 0.417 e. The average Bonchev–Trinajstić information content (AvgIpc) is 0.771. The zero-order valence-corrected chi connectivity index (χ0v) is 76.9. The van der Waals surface area contributed by atoms with Gasteiger partial charge in [-0.1, -0.05) is 262 Å². The maximum absolute atomic E-state index is 13.6. The summed E-state index contributed by atoms with van der Waals surface area (Å²) in [6.45, 7) is 31.3. The van der Waals surface area contributed by atoms with Crippen LogP contribution in [-0.2, 0) is 25.7 Å². The minimum absolute atomic E-state index is 0.0846. The molecule has 19 heteroatoms. The number of alkyl halides is 12. The first kappa shape index (κ1) is 102. The number of aryl methyl sites for hydroxylation is 16. The summed E-state index contributed by atoms with van der Waals surface area (Å²) in [7, 11) is 0. The van der Waals surface area contributed by atoms with Crippen LogP contribution in [0.5, 0.6) is 0 Å². The maximum atomic E-state index is 13.6. The van der Waals surface area contributed by atoms with E-state index in [1.165, 1.54) is 62.2 Å². The third-order valence-corrected chi connectivity index (χ3v) is 22.8. The van der Waals surface area contributed by atoms with E-state index in [9.17, 15) is 83.4 Å². The SMILES string of the molecule is Cc1cc(C(F)(F)F)c2cc(C)ccc2c1.Cc1cc(C(F)F)c2cc(C)ccc2c1.Cc1cc(CF)c2cc(C)ccc2c1.Cc1cc(F)c2c(F)c(C)c(F)cc2c1.Cc1cc(F)c2c(F)c(C)ccc2c1.Cc1ccc2c(C(F)(F)F)c(C)ccc2c1.Cc1ccc2c(C(F)F)c(C)ccc2c1.Cc1ccc2c(CF)c(C)ccc2c1.Cc1ccc2c(F)c(C)c(F)cc2c1. The van der Waals surface area contributed by atoms with Gasteiger partial charge < -0.3 is 0 Å². The van der Waals surface area contributed by atoms with Gasteiger partial charge in [-0.2, -0.15) is 26.3 Å². The van der Waals surface area contributed by atoms with Crippen LogP contribution >= 0.6 is 0 Å². The molecule has 0 fully saturated rings. The minimum atomic E-state index is -4.29. The zero-order valence-electron chi connectivity index (χ0n) is 76.9. The second-order valence-electron chi connectivity index (χ2n) is 33.9. The molecule has 0 saturated carbocycles. The summed E-state index contributed by atoms with van der Waals surface area (Å²) in [5.41, 5.74) is 14.6. The van der Waals surface area contributed by atoms with Crippen molar-refractivity contribution in [1.82, 2.24) is 0 Å². The average molecular weight is 1830 g/mol. The molecule has 18 aromatic carbocycles. The standard InChI is InChI=1S/2C13H11F3.2C13H12F2.2C13H13F.C12H9F3.2C12H10F2/c1-8-3-6-11-10(7-8)5-4-9(2)12(11)13(14,15)16;1-8-3-4-10-5-9(2)7-12(11(10)6-8)13(14,15)16;1-8-3-6-11-10(7-8)5-4-9(2)12(11)13(14)15;1-8-3-4-10-5-9(2)7-12(13(14)15)11(10)6-8;1-9-3-6-12-11(7-9)5-4-10(2)13(12)8-14;1-9-3-4-11-5-10(2)6-12(8-14)13(11)7-9;1-6-3-8-5-9(13)7(2)12(15)11(8)10(14)4-6;1-7-5-9-4-3-8(2)12(14)11(9)10(13)6-7;1-7-3-4-10-9(5-7)6-11(13)8(2)12(10)14/h2*3-7H,1-2H3;2*3-7,13H,1-2H3;2*3-7H,8H2,1-2H3;3-5H,1-2H3;2*3-6H,1-2H3. The smallest absolute Gasteiger partial charge is 0.246 e. The lowest BCUT2D eigenvalue weighted by atomic mass is 9.98. The van der Waals surface area contributed by atoms with E-state index in [2.05, 4.69) is 37.3 Å². The molecule has 0 aliphatic heterocycles. The molecule has 0 unspecified atom stereocenters. The van der Waals surface area contributed by atoms with Crippen LogP contribution in [0.25, 0.3) is 97.0 Å². The Kier molecular flexibility index (Phi) is 33.4. The normalized spacial score (nSPS) is 11.2. The molecule has 0 atom stereocenters. The van der Waals surface area contributed by atoms with E-state index >= 15 is 0 Å². The van der Waals surface area contributed by atoms with Crippen molar-refractivity contribution in [1.29, 1.82) is 0 Å². The molecule has 18 rings (SSSR count). The van der Waals surface area contributed by atoms with Crippen molar-refractivity contribution in [2.45, 2.75) is 163 Å². The van der Waals surface area contributed by atoms with Gasteiger partial charge in [-0.05, 0) is 292 Å². The molecule has 0 aliphatic rings. The Balaban J connectivity index is 0.000000155. The molecule has 0 nitrogen and oxygen atoms in total. The summed E-state index contributed by atoms with van der Waals surface area (Å²) in [6.07, 6.45) is -13.4. The zero-order chi connectivity index (χ0) is 97.9. The minimum Gasteiger partial charge on any atom is -0.246 e. The molecule has 0 saturated heterocycles. The first-order valence-electron chi connectivity index (χ1n) is 42.6. The van der Waals surface area contributed by atoms with E-state index < -0.39 is 77.1 Å². The van der Waals surface area contributed by atoms with Crippen LogP contribution in [0.15, 0.2) is 249 Å². The van der Waals surface area contributed by atoms with Crippen LogP contribution in [0, 0.1) is 165 Å². The quantitative estimate of drug-likeness (QED) is 0.154. The molecule has 0 aliphatic carbocycles. The van der Waals surface area contributed by atoms with Crippen molar-refractivity contribution >= 4 is 97.0 Å². The molecular formula is C114H101F19.